The number of phenolic OH excluding ortho intramolecular Hbond substituents is 1. The largest absolute Gasteiger partial charge is 0.508 e. The molecule has 72 valence electrons. The second-order valence-electron chi connectivity index (χ2n) is 3.49. The molecule has 0 aliphatic carbocycles. The zero-order chi connectivity index (χ0) is 9.68. The van der Waals surface area contributed by atoms with Gasteiger partial charge in [0.05, 0.1) is 0 Å². The summed E-state index contributed by atoms with van der Waals surface area (Å²) in [7, 11) is 0. The Bertz CT molecular complexity index is 255. The predicted molar refractivity (Wildman–Crippen MR) is 56.0 cm³/mol. The van der Waals surface area contributed by atoms with Gasteiger partial charge in [0, 0.05) is 0 Å². The third-order valence-corrected chi connectivity index (χ3v) is 2.47. The van der Waals surface area contributed by atoms with Crippen LogP contribution in [0.15, 0.2) is 24.3 Å². The average Bonchev–Trinajstić information content (AvgIpc) is 2.14. The summed E-state index contributed by atoms with van der Waals surface area (Å²) in [6, 6.07) is 7.62. The Morgan fingerprint density at radius 2 is 2.08 bits per heavy atom. The van der Waals surface area contributed by atoms with Crippen molar-refractivity contribution in [3.05, 3.63) is 29.8 Å². The number of rotatable bonds is 4. The van der Waals surface area contributed by atoms with Crippen molar-refractivity contribution < 1.29 is 5.11 Å². The van der Waals surface area contributed by atoms with Crippen LogP contribution in [0, 0.1) is 0 Å². The minimum absolute atomic E-state index is 0.382. The lowest BCUT2D eigenvalue weighted by Crippen LogP contribution is -1.95. The van der Waals surface area contributed by atoms with Crippen molar-refractivity contribution in [3.63, 3.8) is 0 Å². The maximum Gasteiger partial charge on any atom is 0.115 e. The first-order chi connectivity index (χ1) is 6.27. The first-order valence-electron chi connectivity index (χ1n) is 5.06. The van der Waals surface area contributed by atoms with Crippen molar-refractivity contribution in [1.82, 2.24) is 0 Å². The zero-order valence-corrected chi connectivity index (χ0v) is 8.46. The molecule has 0 bridgehead atoms. The molecule has 1 unspecified atom stereocenters. The van der Waals surface area contributed by atoms with Crippen LogP contribution in [0.25, 0.3) is 0 Å². The number of aromatic hydroxyl groups is 1. The first-order valence-corrected chi connectivity index (χ1v) is 5.06. The van der Waals surface area contributed by atoms with Gasteiger partial charge in [0.1, 0.15) is 5.75 Å². The maximum atomic E-state index is 9.33. The fourth-order valence-electron chi connectivity index (χ4n) is 1.73. The minimum Gasteiger partial charge on any atom is -0.508 e. The molecular formula is C12H18O. The summed E-state index contributed by atoms with van der Waals surface area (Å²) in [4.78, 5) is 0. The Morgan fingerprint density at radius 3 is 2.62 bits per heavy atom. The van der Waals surface area contributed by atoms with E-state index in [0.717, 1.165) is 6.42 Å². The van der Waals surface area contributed by atoms with E-state index in [4.69, 9.17) is 0 Å². The second kappa shape index (κ2) is 4.90. The fourth-order valence-corrected chi connectivity index (χ4v) is 1.73. The Morgan fingerprint density at radius 1 is 1.31 bits per heavy atom. The molecule has 0 aliphatic rings. The summed E-state index contributed by atoms with van der Waals surface area (Å²) >= 11 is 0. The van der Waals surface area contributed by atoms with Gasteiger partial charge in [-0.1, -0.05) is 32.4 Å². The average molecular weight is 178 g/mol. The van der Waals surface area contributed by atoms with Gasteiger partial charge in [0.2, 0.25) is 0 Å². The third-order valence-electron chi connectivity index (χ3n) is 2.47. The Kier molecular flexibility index (Phi) is 3.81. The maximum absolute atomic E-state index is 9.33. The lowest BCUT2D eigenvalue weighted by atomic mass is 9.92. The molecule has 0 spiro atoms. The summed E-state index contributed by atoms with van der Waals surface area (Å²) < 4.78 is 0. The molecule has 1 aromatic rings. The Balaban J connectivity index is 2.78. The minimum atomic E-state index is 0.382. The zero-order valence-electron chi connectivity index (χ0n) is 8.46. The molecule has 0 amide bonds. The first kappa shape index (κ1) is 10.1. The van der Waals surface area contributed by atoms with E-state index in [1.807, 2.05) is 12.1 Å². The summed E-state index contributed by atoms with van der Waals surface area (Å²) in [5, 5.41) is 9.33. The van der Waals surface area contributed by atoms with E-state index in [2.05, 4.69) is 19.9 Å². The van der Waals surface area contributed by atoms with Gasteiger partial charge in [-0.3, -0.25) is 0 Å². The standard InChI is InChI=1S/C12H18O/c1-3-6-10(4-2)11-7-5-8-12(13)9-11/h5,7-10,13H,3-4,6H2,1-2H3. The second-order valence-corrected chi connectivity index (χ2v) is 3.49. The van der Waals surface area contributed by atoms with Gasteiger partial charge in [-0.25, -0.2) is 0 Å². The third kappa shape index (κ3) is 2.76. The van der Waals surface area contributed by atoms with Gasteiger partial charge in [-0.15, -0.1) is 0 Å². The van der Waals surface area contributed by atoms with E-state index in [0.29, 0.717) is 11.7 Å². The van der Waals surface area contributed by atoms with E-state index < -0.39 is 0 Å². The van der Waals surface area contributed by atoms with Gasteiger partial charge in [-0.05, 0) is 36.5 Å². The number of hydrogen-bond donors (Lipinski definition) is 1. The molecule has 1 rings (SSSR count). The molecule has 0 aromatic heterocycles. The molecule has 13 heavy (non-hydrogen) atoms. The van der Waals surface area contributed by atoms with Crippen LogP contribution < -0.4 is 0 Å². The van der Waals surface area contributed by atoms with Crippen LogP contribution in [0.2, 0.25) is 0 Å². The topological polar surface area (TPSA) is 20.2 Å². The molecule has 0 heterocycles. The van der Waals surface area contributed by atoms with E-state index in [1.54, 1.807) is 6.07 Å². The lowest BCUT2D eigenvalue weighted by Gasteiger charge is -2.13. The number of hydrogen-bond acceptors (Lipinski definition) is 1. The van der Waals surface area contributed by atoms with E-state index >= 15 is 0 Å². The van der Waals surface area contributed by atoms with E-state index in [-0.39, 0.29) is 0 Å². The molecule has 1 heteroatoms. The van der Waals surface area contributed by atoms with E-state index in [9.17, 15) is 5.11 Å². The predicted octanol–water partition coefficient (Wildman–Crippen LogP) is 3.69. The molecule has 0 aliphatic heterocycles. The monoisotopic (exact) mass is 178 g/mol. The summed E-state index contributed by atoms with van der Waals surface area (Å²) in [6.45, 7) is 4.40. The van der Waals surface area contributed by atoms with Crippen LogP contribution in [-0.4, -0.2) is 5.11 Å². The summed E-state index contributed by atoms with van der Waals surface area (Å²) in [5.41, 5.74) is 1.27. The molecule has 0 saturated heterocycles. The molecule has 1 aromatic carbocycles. The molecule has 1 nitrogen and oxygen atoms in total. The smallest absolute Gasteiger partial charge is 0.115 e. The van der Waals surface area contributed by atoms with Crippen molar-refractivity contribution in [3.8, 4) is 5.75 Å². The molecule has 0 fully saturated rings. The molecule has 1 N–H and O–H groups in total. The van der Waals surface area contributed by atoms with Crippen molar-refractivity contribution in [1.29, 1.82) is 0 Å². The fraction of sp³-hybridized carbons (Fsp3) is 0.500. The van der Waals surface area contributed by atoms with Gasteiger partial charge < -0.3 is 5.11 Å². The van der Waals surface area contributed by atoms with Crippen molar-refractivity contribution in [2.24, 2.45) is 0 Å². The quantitative estimate of drug-likeness (QED) is 0.745. The van der Waals surface area contributed by atoms with E-state index in [1.165, 1.54) is 18.4 Å². The highest BCUT2D eigenvalue weighted by Gasteiger charge is 2.07. The van der Waals surface area contributed by atoms with Crippen LogP contribution in [0.5, 0.6) is 5.75 Å². The summed E-state index contributed by atoms with van der Waals surface area (Å²) in [5.74, 6) is 0.990. The van der Waals surface area contributed by atoms with Gasteiger partial charge in [0.15, 0.2) is 0 Å². The highest BCUT2D eigenvalue weighted by Crippen LogP contribution is 2.26. The molecule has 0 saturated carbocycles. The Labute approximate surface area is 80.4 Å². The molecule has 0 radical (unpaired) electrons. The lowest BCUT2D eigenvalue weighted by molar-refractivity contribution is 0.472. The van der Waals surface area contributed by atoms with Crippen molar-refractivity contribution >= 4 is 0 Å². The highest BCUT2D eigenvalue weighted by atomic mass is 16.3. The summed E-state index contributed by atoms with van der Waals surface area (Å²) in [6.07, 6.45) is 3.56. The van der Waals surface area contributed by atoms with Crippen LogP contribution >= 0.6 is 0 Å². The molecular weight excluding hydrogens is 160 g/mol. The normalized spacial score (nSPS) is 12.8. The van der Waals surface area contributed by atoms with Crippen LogP contribution in [0.1, 0.15) is 44.6 Å². The van der Waals surface area contributed by atoms with Gasteiger partial charge in [-0.2, -0.15) is 0 Å². The van der Waals surface area contributed by atoms with Crippen LogP contribution in [0.3, 0.4) is 0 Å². The number of phenols is 1. The van der Waals surface area contributed by atoms with Crippen LogP contribution in [-0.2, 0) is 0 Å². The Hall–Kier alpha value is -0.980. The van der Waals surface area contributed by atoms with Crippen LogP contribution in [0.4, 0.5) is 0 Å². The van der Waals surface area contributed by atoms with Crippen molar-refractivity contribution in [2.45, 2.75) is 39.0 Å². The highest BCUT2D eigenvalue weighted by molar-refractivity contribution is 5.29. The van der Waals surface area contributed by atoms with Gasteiger partial charge in [0.25, 0.3) is 0 Å². The SMILES string of the molecule is CCCC(CC)c1cccc(O)c1. The van der Waals surface area contributed by atoms with Crippen molar-refractivity contribution in [2.75, 3.05) is 0 Å². The van der Waals surface area contributed by atoms with Gasteiger partial charge >= 0.3 is 0 Å². The molecule has 1 atom stereocenters. The number of benzene rings is 1.